The van der Waals surface area contributed by atoms with Gasteiger partial charge in [-0.05, 0) is 0 Å². The van der Waals surface area contributed by atoms with Gasteiger partial charge in [0.05, 0.1) is 0 Å². The van der Waals surface area contributed by atoms with Crippen LogP contribution in [-0.4, -0.2) is 26.7 Å². The summed E-state index contributed by atoms with van der Waals surface area (Å²) in [6, 6.07) is 0. The van der Waals surface area contributed by atoms with Gasteiger partial charge in [0.25, 0.3) is 0 Å². The molecule has 128 valence electrons. The van der Waals surface area contributed by atoms with E-state index >= 15 is 0 Å². The van der Waals surface area contributed by atoms with Crippen LogP contribution in [0, 0.1) is 0 Å². The first-order chi connectivity index (χ1) is 4.00. The molecule has 0 saturated heterocycles. The average Bonchev–Trinajstić information content (AvgIpc) is 1.12. The van der Waals surface area contributed by atoms with Crippen LogP contribution in [0.2, 0.25) is 0 Å². The van der Waals surface area contributed by atoms with Gasteiger partial charge in [-0.3, -0.25) is 0 Å². The molecule has 0 saturated carbocycles. The molecule has 0 aliphatic carbocycles. The van der Waals surface area contributed by atoms with E-state index in [1.807, 2.05) is 0 Å². The molecule has 0 rings (SSSR count). The van der Waals surface area contributed by atoms with Crippen molar-refractivity contribution in [3.8, 4) is 0 Å². The SMILES string of the molecule is O=[Se](=O)([O-])[O-].O=[Se](=O)([O-])[O-].[NH4+].[NH4+].[OH3+].[OH3+].[OH3+].[OH3+].[OH3+].[OH3+].[Zn+2]. The molecule has 0 fully saturated rings. The molecule has 19 heavy (non-hydrogen) atoms. The molecular weight excluding hydrogens is 475 g/mol. The molecule has 0 aromatic heterocycles. The van der Waals surface area contributed by atoms with Crippen molar-refractivity contribution in [2.45, 2.75) is 0 Å². The number of rotatable bonds is 0. The Morgan fingerprint density at radius 2 is 0.474 bits per heavy atom. The quantitative estimate of drug-likeness (QED) is 0.236. The first kappa shape index (κ1) is 93.2. The van der Waals surface area contributed by atoms with Crippen LogP contribution < -0.4 is 29.1 Å². The fourth-order valence-corrected chi connectivity index (χ4v) is 0. The van der Waals surface area contributed by atoms with Gasteiger partial charge in [-0.2, -0.15) is 0 Å². The minimum atomic E-state index is -5.75. The largest absolute Gasteiger partial charge is 2.00 e. The number of hydrogen-bond acceptors (Lipinski definition) is 8. The van der Waals surface area contributed by atoms with Gasteiger partial charge in [0.1, 0.15) is 0 Å². The van der Waals surface area contributed by atoms with Gasteiger partial charge in [0.15, 0.2) is 0 Å². The molecule has 0 aromatic carbocycles. The molecule has 0 bridgehead atoms. The zero-order valence-corrected chi connectivity index (χ0v) is 16.6. The molecule has 0 aromatic rings. The van der Waals surface area contributed by atoms with E-state index in [9.17, 15) is 0 Å². The van der Waals surface area contributed by atoms with Crippen molar-refractivity contribution in [3.05, 3.63) is 0 Å². The Bertz CT molecular complexity index is 220. The molecule has 0 heterocycles. The summed E-state index contributed by atoms with van der Waals surface area (Å²) >= 11 is -11.5. The summed E-state index contributed by atoms with van der Waals surface area (Å²) in [4.78, 5) is 0. The predicted molar refractivity (Wildman–Crippen MR) is 55.5 cm³/mol. The standard InChI is InChI=1S/2H3N.2H2O4Se.6H2O.Zn/c;;2*1-5(2,3)4;;;;;;;/h2*1H3;2*(H2,1,2,3,4);6*1H2;/q;;;;;;;;;;+2/p+4. The first-order valence-corrected chi connectivity index (χ1v) is 6.93. The molecule has 0 atom stereocenters. The third-order valence-electron chi connectivity index (χ3n) is 0. The monoisotopic (exact) mass is 502 g/mol. The molecule has 16 nitrogen and oxygen atoms in total. The number of hydrogen-bond donors (Lipinski definition) is 2. The summed E-state index contributed by atoms with van der Waals surface area (Å²) in [5.74, 6) is 0. The van der Waals surface area contributed by atoms with Crippen LogP contribution >= 0.6 is 0 Å². The van der Waals surface area contributed by atoms with Gasteiger partial charge in [-0.1, -0.05) is 0 Å². The summed E-state index contributed by atoms with van der Waals surface area (Å²) in [6.07, 6.45) is 0. The van der Waals surface area contributed by atoms with E-state index in [1.54, 1.807) is 0 Å². The maximum absolute atomic E-state index is 8.59. The summed E-state index contributed by atoms with van der Waals surface area (Å²) in [7, 11) is 0. The first-order valence-electron chi connectivity index (χ1n) is 1.33. The van der Waals surface area contributed by atoms with Gasteiger partial charge in [-0.25, -0.2) is 0 Å². The summed E-state index contributed by atoms with van der Waals surface area (Å²) < 4.78 is 68.8. The van der Waals surface area contributed by atoms with Gasteiger partial charge in [0.2, 0.25) is 0 Å². The summed E-state index contributed by atoms with van der Waals surface area (Å²) in [5, 5.41) is 0. The molecule has 0 aliphatic heterocycles. The fraction of sp³-hybridized carbons (Fsp3) is 0. The third-order valence-corrected chi connectivity index (χ3v) is 0. The zero-order valence-electron chi connectivity index (χ0n) is 10.3. The van der Waals surface area contributed by atoms with Crippen molar-refractivity contribution in [1.82, 2.24) is 12.3 Å². The van der Waals surface area contributed by atoms with Crippen LogP contribution in [-0.2, 0) is 67.7 Å². The van der Waals surface area contributed by atoms with Crippen molar-refractivity contribution in [1.29, 1.82) is 0 Å². The van der Waals surface area contributed by atoms with Crippen molar-refractivity contribution in [3.63, 3.8) is 0 Å². The van der Waals surface area contributed by atoms with Crippen LogP contribution in [0.5, 0.6) is 0 Å². The molecule has 0 unspecified atom stereocenters. The van der Waals surface area contributed by atoms with E-state index in [-0.39, 0.29) is 64.6 Å². The van der Waals surface area contributed by atoms with Crippen molar-refractivity contribution < 1.29 is 84.4 Å². The smallest absolute Gasteiger partial charge is 0.457 e. The van der Waals surface area contributed by atoms with E-state index < -0.39 is 26.7 Å². The van der Waals surface area contributed by atoms with Gasteiger partial charge >= 0.3 is 78.3 Å². The van der Waals surface area contributed by atoms with Crippen molar-refractivity contribution in [2.75, 3.05) is 0 Å². The van der Waals surface area contributed by atoms with Crippen molar-refractivity contribution >= 4 is 26.7 Å². The van der Waals surface area contributed by atoms with E-state index in [0.29, 0.717) is 0 Å². The minimum absolute atomic E-state index is 0. The van der Waals surface area contributed by atoms with E-state index in [0.717, 1.165) is 0 Å². The molecular formula is H26N2O14Se2Zn+6. The molecule has 0 radical (unpaired) electrons. The second kappa shape index (κ2) is 36.2. The molecule has 26 N–H and O–H groups in total. The van der Waals surface area contributed by atoms with E-state index in [4.69, 9.17) is 32.1 Å². The minimum Gasteiger partial charge on any atom is -0.457 e. The second-order valence-electron chi connectivity index (χ2n) is 0.816. The summed E-state index contributed by atoms with van der Waals surface area (Å²) in [6.45, 7) is 0. The number of quaternary nitrogens is 2. The second-order valence-corrected chi connectivity index (χ2v) is 4.24. The Morgan fingerprint density at radius 1 is 0.474 bits per heavy atom. The van der Waals surface area contributed by atoms with Crippen LogP contribution in [0.3, 0.4) is 0 Å². The topological polar surface area (TPSA) is 432 Å². The molecule has 0 aliphatic rings. The normalized spacial score (nSPS) is 6.11. The summed E-state index contributed by atoms with van der Waals surface area (Å²) in [5.41, 5.74) is 0. The Balaban J connectivity index is -0.00000000508. The average molecular weight is 502 g/mol. The van der Waals surface area contributed by atoms with Crippen LogP contribution in [0.1, 0.15) is 0 Å². The fourth-order valence-electron chi connectivity index (χ4n) is 0. The Kier molecular flexibility index (Phi) is 178. The maximum atomic E-state index is 8.59. The van der Waals surface area contributed by atoms with Gasteiger partial charge in [-0.15, -0.1) is 0 Å². The maximum Gasteiger partial charge on any atom is 2.00 e. The van der Waals surface area contributed by atoms with Gasteiger partial charge in [0, 0.05) is 0 Å². The predicted octanol–water partition coefficient (Wildman–Crippen LogP) is -10.8. The van der Waals surface area contributed by atoms with Crippen LogP contribution in [0.25, 0.3) is 0 Å². The van der Waals surface area contributed by atoms with Crippen LogP contribution in [0.4, 0.5) is 0 Å². The van der Waals surface area contributed by atoms with Gasteiger partial charge < -0.3 is 45.2 Å². The Morgan fingerprint density at radius 3 is 0.474 bits per heavy atom. The Labute approximate surface area is 123 Å². The molecule has 19 heteroatoms. The zero-order chi connectivity index (χ0) is 9.00. The Hall–Kier alpha value is 0.382. The molecule has 0 amide bonds. The third kappa shape index (κ3) is 33700. The van der Waals surface area contributed by atoms with Crippen molar-refractivity contribution in [2.24, 2.45) is 0 Å². The van der Waals surface area contributed by atoms with Crippen LogP contribution in [0.15, 0.2) is 0 Å². The van der Waals surface area contributed by atoms with E-state index in [1.165, 1.54) is 0 Å². The molecule has 0 spiro atoms. The van der Waals surface area contributed by atoms with E-state index in [2.05, 4.69) is 0 Å².